The second-order valence-corrected chi connectivity index (χ2v) is 6.85. The molecule has 3 aromatic rings. The summed E-state index contributed by atoms with van der Waals surface area (Å²) in [7, 11) is 0. The number of amides is 2. The number of fused-ring (bicyclic) bond motifs is 1. The van der Waals surface area contributed by atoms with Crippen molar-refractivity contribution in [3.05, 3.63) is 71.6 Å². The van der Waals surface area contributed by atoms with Gasteiger partial charge in [0.1, 0.15) is 0 Å². The van der Waals surface area contributed by atoms with Crippen LogP contribution >= 0.6 is 11.3 Å². The molecule has 0 radical (unpaired) electrons. The molecule has 1 aliphatic rings. The normalized spacial score (nSPS) is 16.0. The molecule has 2 amide bonds. The van der Waals surface area contributed by atoms with E-state index in [1.165, 1.54) is 0 Å². The second kappa shape index (κ2) is 6.53. The highest BCUT2D eigenvalue weighted by Crippen LogP contribution is 2.35. The summed E-state index contributed by atoms with van der Waals surface area (Å²) < 4.78 is 0. The smallest absolute Gasteiger partial charge is 0.232 e. The third kappa shape index (κ3) is 3.06. The zero-order valence-corrected chi connectivity index (χ0v) is 14.2. The van der Waals surface area contributed by atoms with Gasteiger partial charge in [0.05, 0.1) is 5.92 Å². The van der Waals surface area contributed by atoms with E-state index in [-0.39, 0.29) is 18.2 Å². The zero-order valence-electron chi connectivity index (χ0n) is 13.4. The van der Waals surface area contributed by atoms with Crippen LogP contribution < -0.4 is 10.6 Å². The number of hydrogen-bond acceptors (Lipinski definition) is 3. The van der Waals surface area contributed by atoms with E-state index in [1.54, 1.807) is 11.3 Å². The van der Waals surface area contributed by atoms with Crippen molar-refractivity contribution >= 4 is 34.5 Å². The van der Waals surface area contributed by atoms with Crippen LogP contribution in [-0.2, 0) is 9.59 Å². The Morgan fingerprint density at radius 2 is 1.84 bits per heavy atom. The number of rotatable bonds is 3. The van der Waals surface area contributed by atoms with Gasteiger partial charge in [-0.1, -0.05) is 42.5 Å². The molecular weight excluding hydrogens is 332 g/mol. The third-order valence-corrected chi connectivity index (χ3v) is 5.19. The summed E-state index contributed by atoms with van der Waals surface area (Å²) in [6.45, 7) is 0. The molecule has 25 heavy (non-hydrogen) atoms. The Hall–Kier alpha value is -2.92. The van der Waals surface area contributed by atoms with Gasteiger partial charge in [0.2, 0.25) is 11.8 Å². The predicted octanol–water partition coefficient (Wildman–Crippen LogP) is 4.48. The average Bonchev–Trinajstić information content (AvgIpc) is 3.16. The molecular formula is C20H16N2O2S. The molecule has 0 aliphatic carbocycles. The highest BCUT2D eigenvalue weighted by atomic mass is 32.1. The van der Waals surface area contributed by atoms with Gasteiger partial charge in [-0.25, -0.2) is 0 Å². The van der Waals surface area contributed by atoms with Gasteiger partial charge in [0.25, 0.3) is 0 Å². The molecule has 0 spiro atoms. The Bertz CT molecular complexity index is 934. The summed E-state index contributed by atoms with van der Waals surface area (Å²) in [5.41, 5.74) is 3.32. The number of carbonyl (C=O) groups excluding carboxylic acids is 2. The quantitative estimate of drug-likeness (QED) is 0.733. The van der Waals surface area contributed by atoms with E-state index in [4.69, 9.17) is 0 Å². The average molecular weight is 348 g/mol. The van der Waals surface area contributed by atoms with Gasteiger partial charge in [-0.2, -0.15) is 0 Å². The van der Waals surface area contributed by atoms with Crippen LogP contribution in [-0.4, -0.2) is 11.8 Å². The van der Waals surface area contributed by atoms with E-state index in [0.717, 1.165) is 21.7 Å². The minimum atomic E-state index is -0.485. The Morgan fingerprint density at radius 1 is 1.04 bits per heavy atom. The van der Waals surface area contributed by atoms with Crippen molar-refractivity contribution in [2.45, 2.75) is 12.3 Å². The molecule has 0 bridgehead atoms. The Kier molecular flexibility index (Phi) is 4.07. The van der Waals surface area contributed by atoms with Crippen LogP contribution in [0.3, 0.4) is 0 Å². The van der Waals surface area contributed by atoms with Gasteiger partial charge in [0.15, 0.2) is 0 Å². The van der Waals surface area contributed by atoms with Gasteiger partial charge in [0, 0.05) is 28.2 Å². The molecule has 1 atom stereocenters. The molecule has 4 rings (SSSR count). The van der Waals surface area contributed by atoms with Crippen molar-refractivity contribution in [2.24, 2.45) is 0 Å². The summed E-state index contributed by atoms with van der Waals surface area (Å²) in [6, 6.07) is 19.2. The van der Waals surface area contributed by atoms with Crippen molar-refractivity contribution in [1.29, 1.82) is 0 Å². The number of nitrogens with one attached hydrogen (secondary N) is 2. The fourth-order valence-electron chi connectivity index (χ4n) is 3.10. The van der Waals surface area contributed by atoms with Crippen molar-refractivity contribution in [3.8, 4) is 10.4 Å². The van der Waals surface area contributed by atoms with E-state index in [0.29, 0.717) is 5.69 Å². The Labute approximate surface area is 149 Å². The Balaban J connectivity index is 1.65. The first-order chi connectivity index (χ1) is 12.2. The maximum Gasteiger partial charge on any atom is 0.232 e. The molecule has 124 valence electrons. The van der Waals surface area contributed by atoms with Crippen LogP contribution in [0.1, 0.15) is 17.9 Å². The van der Waals surface area contributed by atoms with Crippen molar-refractivity contribution in [2.75, 3.05) is 10.6 Å². The number of anilines is 2. The largest absolute Gasteiger partial charge is 0.326 e. The van der Waals surface area contributed by atoms with Gasteiger partial charge >= 0.3 is 0 Å². The van der Waals surface area contributed by atoms with Crippen molar-refractivity contribution in [1.82, 2.24) is 0 Å². The van der Waals surface area contributed by atoms with Crippen molar-refractivity contribution in [3.63, 3.8) is 0 Å². The topological polar surface area (TPSA) is 58.2 Å². The van der Waals surface area contributed by atoms with Crippen LogP contribution in [0, 0.1) is 0 Å². The highest BCUT2D eigenvalue weighted by Gasteiger charge is 2.30. The molecule has 5 heteroatoms. The summed E-state index contributed by atoms with van der Waals surface area (Å²) >= 11 is 1.63. The summed E-state index contributed by atoms with van der Waals surface area (Å²) in [5, 5.41) is 7.85. The number of hydrogen-bond donors (Lipinski definition) is 2. The van der Waals surface area contributed by atoms with Gasteiger partial charge < -0.3 is 10.6 Å². The van der Waals surface area contributed by atoms with Gasteiger partial charge in [-0.05, 0) is 29.1 Å². The molecule has 0 saturated heterocycles. The fraction of sp³-hybridized carbons (Fsp3) is 0.100. The van der Waals surface area contributed by atoms with Crippen LogP contribution in [0.15, 0.2) is 66.0 Å². The van der Waals surface area contributed by atoms with Gasteiger partial charge in [-0.3, -0.25) is 9.59 Å². The first-order valence-electron chi connectivity index (χ1n) is 8.05. The standard InChI is InChI=1S/C20H16N2O2S/c23-19-12-15(13-6-1-3-8-16(13)21-19)20(24)22-17-9-4-2-7-14(17)18-10-5-11-25-18/h1-11,15H,12H2,(H,21,23)(H,22,24)/t15-/m1/s1. The first kappa shape index (κ1) is 15.6. The van der Waals surface area contributed by atoms with E-state index < -0.39 is 5.92 Å². The minimum absolute atomic E-state index is 0.134. The number of thiophene rings is 1. The molecule has 2 aromatic carbocycles. The maximum absolute atomic E-state index is 12.9. The number of benzene rings is 2. The molecule has 2 N–H and O–H groups in total. The zero-order chi connectivity index (χ0) is 17.2. The lowest BCUT2D eigenvalue weighted by atomic mass is 9.89. The predicted molar refractivity (Wildman–Crippen MR) is 101 cm³/mol. The fourth-order valence-corrected chi connectivity index (χ4v) is 3.87. The van der Waals surface area contributed by atoms with Crippen LogP contribution in [0.2, 0.25) is 0 Å². The van der Waals surface area contributed by atoms with Crippen molar-refractivity contribution < 1.29 is 9.59 Å². The lowest BCUT2D eigenvalue weighted by Gasteiger charge is -2.25. The van der Waals surface area contributed by atoms with Gasteiger partial charge in [-0.15, -0.1) is 11.3 Å². The minimum Gasteiger partial charge on any atom is -0.326 e. The van der Waals surface area contributed by atoms with Crippen LogP contribution in [0.25, 0.3) is 10.4 Å². The molecule has 0 unspecified atom stereocenters. The van der Waals surface area contributed by atoms with Crippen LogP contribution in [0.5, 0.6) is 0 Å². The molecule has 0 saturated carbocycles. The number of carbonyl (C=O) groups is 2. The van der Waals surface area contributed by atoms with Crippen LogP contribution in [0.4, 0.5) is 11.4 Å². The highest BCUT2D eigenvalue weighted by molar-refractivity contribution is 7.13. The molecule has 1 aromatic heterocycles. The lowest BCUT2D eigenvalue weighted by molar-refractivity contribution is -0.123. The van der Waals surface area contributed by atoms with E-state index in [1.807, 2.05) is 66.0 Å². The molecule has 4 nitrogen and oxygen atoms in total. The second-order valence-electron chi connectivity index (χ2n) is 5.90. The van der Waals surface area contributed by atoms with E-state index in [2.05, 4.69) is 10.6 Å². The summed E-state index contributed by atoms with van der Waals surface area (Å²) in [6.07, 6.45) is 0.157. The molecule has 2 heterocycles. The molecule has 1 aliphatic heterocycles. The molecule has 0 fully saturated rings. The van der Waals surface area contributed by atoms with E-state index in [9.17, 15) is 9.59 Å². The first-order valence-corrected chi connectivity index (χ1v) is 8.93. The lowest BCUT2D eigenvalue weighted by Crippen LogP contribution is -2.30. The number of para-hydroxylation sites is 2. The van der Waals surface area contributed by atoms with E-state index >= 15 is 0 Å². The summed E-state index contributed by atoms with van der Waals surface area (Å²) in [4.78, 5) is 26.0. The Morgan fingerprint density at radius 3 is 2.68 bits per heavy atom. The summed E-state index contributed by atoms with van der Waals surface area (Å²) in [5.74, 6) is -0.780. The maximum atomic E-state index is 12.9. The monoisotopic (exact) mass is 348 g/mol. The third-order valence-electron chi connectivity index (χ3n) is 4.29. The SMILES string of the molecule is O=C1C[C@@H](C(=O)Nc2ccccc2-c2cccs2)c2ccccc2N1.